The van der Waals surface area contributed by atoms with E-state index in [1.165, 1.54) is 0 Å². The maximum atomic E-state index is 9.25. The summed E-state index contributed by atoms with van der Waals surface area (Å²) in [5.41, 5.74) is 8.61. The predicted molar refractivity (Wildman–Crippen MR) is 190 cm³/mol. The van der Waals surface area contributed by atoms with E-state index in [1.807, 2.05) is 78.9 Å². The van der Waals surface area contributed by atoms with Gasteiger partial charge in [0.1, 0.15) is 11.2 Å². The lowest BCUT2D eigenvalue weighted by molar-refractivity contribution is 0.669. The molecule has 1 aromatic heterocycles. The Kier molecular flexibility index (Phi) is 5.00. The zero-order chi connectivity index (χ0) is 33.2. The first kappa shape index (κ1) is 21.7. The molecule has 9 rings (SSSR count). The standard InChI is InChI=1S/C44H28O/c1-2-13-29(14-3-1)33-17-4-5-19-35(33)44-38-22-8-6-20-36(38)43(37-21-7-9-23-39(37)44)32-16-12-15-30(27-32)31-25-26-42-40(28-31)34-18-10-11-24-41(34)45-42/h1-28H/i4D,5D,17D,19D. The van der Waals surface area contributed by atoms with Gasteiger partial charge in [-0.1, -0.05) is 145 Å². The van der Waals surface area contributed by atoms with E-state index in [1.54, 1.807) is 0 Å². The highest BCUT2D eigenvalue weighted by atomic mass is 16.3. The van der Waals surface area contributed by atoms with Crippen molar-refractivity contribution in [3.8, 4) is 44.5 Å². The van der Waals surface area contributed by atoms with Crippen molar-refractivity contribution in [2.24, 2.45) is 0 Å². The molecule has 0 unspecified atom stereocenters. The van der Waals surface area contributed by atoms with Crippen molar-refractivity contribution in [1.82, 2.24) is 0 Å². The Balaban J connectivity index is 1.33. The molecule has 1 nitrogen and oxygen atoms in total. The highest BCUT2D eigenvalue weighted by Gasteiger charge is 2.19. The van der Waals surface area contributed by atoms with Gasteiger partial charge in [0, 0.05) is 10.8 Å². The number of rotatable bonds is 4. The summed E-state index contributed by atoms with van der Waals surface area (Å²) >= 11 is 0. The van der Waals surface area contributed by atoms with E-state index in [2.05, 4.69) is 66.7 Å². The minimum atomic E-state index is -0.244. The highest BCUT2D eigenvalue weighted by Crippen LogP contribution is 2.46. The molecule has 0 bridgehead atoms. The molecule has 0 fully saturated rings. The molecule has 0 spiro atoms. The van der Waals surface area contributed by atoms with Gasteiger partial charge in [-0.25, -0.2) is 0 Å². The normalized spacial score (nSPS) is 12.8. The molecule has 8 aromatic carbocycles. The van der Waals surface area contributed by atoms with Gasteiger partial charge in [-0.3, -0.25) is 0 Å². The largest absolute Gasteiger partial charge is 0.456 e. The van der Waals surface area contributed by atoms with E-state index in [-0.39, 0.29) is 24.2 Å². The summed E-state index contributed by atoms with van der Waals surface area (Å²) in [4.78, 5) is 0. The summed E-state index contributed by atoms with van der Waals surface area (Å²) in [6, 6.07) is 48.5. The SMILES string of the molecule is [2H]c1c([2H])c([2H])c(-c2c3ccccc3c(-c3cccc(-c4ccc5oc6ccccc6c5c4)c3)c3ccccc23)c(-c2ccccc2)c1[2H]. The number of hydrogen-bond donors (Lipinski definition) is 0. The van der Waals surface area contributed by atoms with E-state index in [9.17, 15) is 1.37 Å². The van der Waals surface area contributed by atoms with Crippen LogP contribution in [0.15, 0.2) is 174 Å². The molecule has 1 heterocycles. The molecule has 0 amide bonds. The van der Waals surface area contributed by atoms with Crippen LogP contribution in [-0.2, 0) is 0 Å². The van der Waals surface area contributed by atoms with Gasteiger partial charge < -0.3 is 4.42 Å². The van der Waals surface area contributed by atoms with Crippen LogP contribution in [0.3, 0.4) is 0 Å². The van der Waals surface area contributed by atoms with Crippen LogP contribution in [0.4, 0.5) is 0 Å². The van der Waals surface area contributed by atoms with E-state index < -0.39 is 0 Å². The molecule has 0 aliphatic carbocycles. The van der Waals surface area contributed by atoms with Gasteiger partial charge in [-0.15, -0.1) is 0 Å². The summed E-state index contributed by atoms with van der Waals surface area (Å²) in [6.45, 7) is 0. The van der Waals surface area contributed by atoms with Crippen molar-refractivity contribution >= 4 is 43.5 Å². The van der Waals surface area contributed by atoms with Gasteiger partial charge in [-0.05, 0) is 90.3 Å². The fraction of sp³-hybridized carbons (Fsp3) is 0. The van der Waals surface area contributed by atoms with Gasteiger partial charge in [0.15, 0.2) is 0 Å². The lowest BCUT2D eigenvalue weighted by Crippen LogP contribution is -1.92. The predicted octanol–water partition coefficient (Wildman–Crippen LogP) is 12.6. The number of benzene rings is 8. The first-order chi connectivity index (χ1) is 24.0. The molecular weight excluding hydrogens is 544 g/mol. The molecule has 0 saturated carbocycles. The van der Waals surface area contributed by atoms with Crippen LogP contribution in [0, 0.1) is 0 Å². The van der Waals surface area contributed by atoms with Gasteiger partial charge in [0.05, 0.1) is 5.48 Å². The van der Waals surface area contributed by atoms with E-state index in [0.29, 0.717) is 11.1 Å². The second kappa shape index (κ2) is 10.4. The van der Waals surface area contributed by atoms with Crippen molar-refractivity contribution in [3.63, 3.8) is 0 Å². The van der Waals surface area contributed by atoms with Crippen molar-refractivity contribution in [2.45, 2.75) is 0 Å². The Morgan fingerprint density at radius 1 is 0.356 bits per heavy atom. The summed E-state index contributed by atoms with van der Waals surface area (Å²) in [6.07, 6.45) is 0. The quantitative estimate of drug-likeness (QED) is 0.190. The Morgan fingerprint density at radius 3 is 1.62 bits per heavy atom. The Hall–Kier alpha value is -5.92. The van der Waals surface area contributed by atoms with Gasteiger partial charge in [0.25, 0.3) is 0 Å². The zero-order valence-electron chi connectivity index (χ0n) is 28.3. The number of furan rings is 1. The molecule has 0 aliphatic rings. The maximum absolute atomic E-state index is 9.25. The monoisotopic (exact) mass is 576 g/mol. The maximum Gasteiger partial charge on any atom is 0.135 e. The van der Waals surface area contributed by atoms with Crippen LogP contribution in [-0.4, -0.2) is 0 Å². The summed E-state index contributed by atoms with van der Waals surface area (Å²) in [5.74, 6) is 0. The first-order valence-electron chi connectivity index (χ1n) is 17.1. The minimum Gasteiger partial charge on any atom is -0.456 e. The van der Waals surface area contributed by atoms with Crippen LogP contribution in [0.1, 0.15) is 5.48 Å². The fourth-order valence-corrected chi connectivity index (χ4v) is 6.79. The molecular formula is C44H28O. The van der Waals surface area contributed by atoms with Crippen molar-refractivity contribution in [2.75, 3.05) is 0 Å². The summed E-state index contributed by atoms with van der Waals surface area (Å²) in [7, 11) is 0. The Bertz CT molecular complexity index is 2710. The molecule has 9 aromatic rings. The van der Waals surface area contributed by atoms with Crippen LogP contribution in [0.5, 0.6) is 0 Å². The molecule has 210 valence electrons. The van der Waals surface area contributed by atoms with E-state index in [4.69, 9.17) is 8.53 Å². The number of hydrogen-bond acceptors (Lipinski definition) is 1. The van der Waals surface area contributed by atoms with Crippen molar-refractivity contribution in [1.29, 1.82) is 0 Å². The topological polar surface area (TPSA) is 13.1 Å². The lowest BCUT2D eigenvalue weighted by atomic mass is 9.83. The molecule has 0 saturated heterocycles. The second-order valence-corrected chi connectivity index (χ2v) is 11.3. The average Bonchev–Trinajstić information content (AvgIpc) is 3.53. The molecule has 45 heavy (non-hydrogen) atoms. The summed E-state index contributed by atoms with van der Waals surface area (Å²) in [5, 5.41) is 6.05. The van der Waals surface area contributed by atoms with Gasteiger partial charge >= 0.3 is 0 Å². The third kappa shape index (κ3) is 4.17. The minimum absolute atomic E-state index is 0.0468. The molecule has 0 N–H and O–H groups in total. The zero-order valence-corrected chi connectivity index (χ0v) is 24.3. The van der Waals surface area contributed by atoms with E-state index >= 15 is 0 Å². The highest BCUT2D eigenvalue weighted by molar-refractivity contribution is 6.22. The van der Waals surface area contributed by atoms with Crippen molar-refractivity contribution in [3.05, 3.63) is 170 Å². The molecule has 1 heteroatoms. The second-order valence-electron chi connectivity index (χ2n) is 11.3. The van der Waals surface area contributed by atoms with Crippen molar-refractivity contribution < 1.29 is 9.90 Å². The summed E-state index contributed by atoms with van der Waals surface area (Å²) < 4.78 is 41.7. The molecule has 0 aliphatic heterocycles. The van der Waals surface area contributed by atoms with E-state index in [0.717, 1.165) is 76.9 Å². The molecule has 0 atom stereocenters. The third-order valence-electron chi connectivity index (χ3n) is 8.79. The van der Waals surface area contributed by atoms with Gasteiger partial charge in [-0.2, -0.15) is 0 Å². The number of fused-ring (bicyclic) bond motifs is 5. The van der Waals surface area contributed by atoms with Gasteiger partial charge in [0.2, 0.25) is 0 Å². The van der Waals surface area contributed by atoms with Crippen LogP contribution in [0.25, 0.3) is 88.0 Å². The lowest BCUT2D eigenvalue weighted by Gasteiger charge is -2.20. The van der Waals surface area contributed by atoms with Crippen LogP contribution < -0.4 is 0 Å². The number of para-hydroxylation sites is 1. The van der Waals surface area contributed by atoms with Crippen LogP contribution in [0.2, 0.25) is 0 Å². The Labute approximate surface area is 267 Å². The smallest absolute Gasteiger partial charge is 0.135 e. The fourth-order valence-electron chi connectivity index (χ4n) is 6.79. The average molecular weight is 577 g/mol. The van der Waals surface area contributed by atoms with Crippen LogP contribution >= 0.6 is 0 Å². The third-order valence-corrected chi connectivity index (χ3v) is 8.79. The first-order valence-corrected chi connectivity index (χ1v) is 15.1. The Morgan fingerprint density at radius 2 is 0.889 bits per heavy atom. The molecule has 0 radical (unpaired) electrons.